The Morgan fingerprint density at radius 3 is 1.60 bits per heavy atom. The van der Waals surface area contributed by atoms with Gasteiger partial charge in [-0.05, 0) is 184 Å². The van der Waals surface area contributed by atoms with Crippen molar-refractivity contribution in [3.05, 3.63) is 216 Å². The summed E-state index contributed by atoms with van der Waals surface area (Å²) in [6.07, 6.45) is 23.6. The van der Waals surface area contributed by atoms with Crippen LogP contribution < -0.4 is 43.8 Å². The van der Waals surface area contributed by atoms with Crippen molar-refractivity contribution >= 4 is 159 Å². The van der Waals surface area contributed by atoms with Crippen molar-refractivity contribution in [2.24, 2.45) is 0 Å². The number of hydrogen-bond donors (Lipinski definition) is 10. The van der Waals surface area contributed by atoms with Gasteiger partial charge in [-0.3, -0.25) is 32.1 Å². The van der Waals surface area contributed by atoms with Crippen molar-refractivity contribution in [3.63, 3.8) is 0 Å². The molecule has 9 rings (SSSR count). The van der Waals surface area contributed by atoms with Crippen molar-refractivity contribution in [1.82, 2.24) is 0 Å². The summed E-state index contributed by atoms with van der Waals surface area (Å²) in [5.41, 5.74) is 7.31. The monoisotopic (exact) mass is 1880 g/mol. The number of carbonyl (C=O) groups excluding carboxylic acids is 3. The summed E-state index contributed by atoms with van der Waals surface area (Å²) >= 11 is 19.8. The van der Waals surface area contributed by atoms with Gasteiger partial charge in [0, 0.05) is 35.1 Å². The maximum Gasteiger partial charge on any atom is 0.342 e. The number of nitrogens with zero attached hydrogens (tertiary/aromatic N) is 1. The van der Waals surface area contributed by atoms with Gasteiger partial charge in [0.2, 0.25) is 15.9 Å². The Kier molecular flexibility index (Phi) is 47.1. The first-order valence-electron chi connectivity index (χ1n) is 40.9. The van der Waals surface area contributed by atoms with E-state index >= 15 is 0 Å². The van der Waals surface area contributed by atoms with Gasteiger partial charge in [0.05, 0.1) is 62.6 Å². The molecule has 0 radical (unpaired) electrons. The molecule has 34 heteroatoms. The SMILES string of the molecule is CC(=O)C(OS(=O)Nc1cc(C)c(O)c(C#N)c1)c1ccccc1.CC(=O)Nc1cc(C)c(OOPNc2cc(Cl)c(O)c(Cl)c2)c(C)c1.CCCCCCCCCCCCOc1ccc(COS(=O)Nc2cc(Cl)c(O)c(C(=O)OCC)c2)c2ccccc12.CCCCCCCCCCCCS(=O)(=O)Nc1ccc(OPNc2cc(C)c(O)c(Cl)c2)cc1. The number of ketones is 1. The Morgan fingerprint density at radius 1 is 0.524 bits per heavy atom. The average molecular weight is 1880 g/mol. The van der Waals surface area contributed by atoms with Crippen LogP contribution in [0.2, 0.25) is 20.1 Å². The molecule has 0 bridgehead atoms. The minimum absolute atomic E-state index is 0.0562. The summed E-state index contributed by atoms with van der Waals surface area (Å²) < 4.78 is 90.2. The topological polar surface area (TPSA) is 361 Å². The standard InChI is InChI=1S/C32H42ClNO6S.C25H38ClN2O4PS.C17H16N2O4S.C16H17Cl2N2O4P/c1-3-5-6-7-8-9-10-11-12-15-20-39-30-19-18-24(26-16-13-14-17-27(26)30)23-40-41(37)34-25-21-28(32(36)38-4-2)31(35)29(33)22-25;1-3-4-5-6-7-8-9-10-11-12-17-34(30,31)28-21-13-15-23(16-14-21)32-33-27-22-18-20(2)25(29)24(26)19-22;1-11-8-15(9-14(10-18)16(11)21)19-24(22)23-17(12(2)20)13-6-4-3-5-7-13;1-8-4-11(19-10(3)21)5-9(2)16(8)23-24-25-20-12-6-13(17)15(22)14(18)7-12/h13-14,16-19,21-22,34-35H,3-12,15,20,23H2,1-2H3;13-16,18-19,27-29,33H,3-12,17H2,1-2H3;3-9,17,19,21H,1-2H3;4-7,20,22,25H,1-3H3,(H,19,21). The lowest BCUT2D eigenvalue weighted by atomic mass is 10.0. The van der Waals surface area contributed by atoms with Crippen LogP contribution in [-0.4, -0.2) is 73.9 Å². The molecule has 0 spiro atoms. The number of aromatic hydroxyl groups is 4. The van der Waals surface area contributed by atoms with Gasteiger partial charge in [-0.25, -0.2) is 21.6 Å². The molecule has 124 heavy (non-hydrogen) atoms. The molecule has 5 atom stereocenters. The van der Waals surface area contributed by atoms with E-state index in [1.54, 1.807) is 99.6 Å². The van der Waals surface area contributed by atoms with E-state index in [9.17, 15) is 51.6 Å². The number of esters is 1. The zero-order chi connectivity index (χ0) is 90.5. The zero-order valence-electron chi connectivity index (χ0n) is 71.2. The lowest BCUT2D eigenvalue weighted by Crippen LogP contribution is -2.18. The molecular weight excluding hydrogens is 1770 g/mol. The summed E-state index contributed by atoms with van der Waals surface area (Å²) in [5, 5.41) is 59.2. The van der Waals surface area contributed by atoms with Gasteiger partial charge in [0.1, 0.15) is 40.4 Å². The number of aryl methyl sites for hydroxylation is 4. The number of sulfonamides is 1. The second kappa shape index (κ2) is 56.2. The highest BCUT2D eigenvalue weighted by Gasteiger charge is 2.23. The predicted octanol–water partition coefficient (Wildman–Crippen LogP) is 25.0. The van der Waals surface area contributed by atoms with Crippen LogP contribution in [0.25, 0.3) is 10.8 Å². The number of nitrogens with one attached hydrogen (secondary N) is 6. The van der Waals surface area contributed by atoms with Crippen molar-refractivity contribution in [2.45, 2.75) is 203 Å². The number of Topliss-reactive ketones (excluding diaryl/α,β-unsaturated/α-hetero) is 1. The second-order valence-electron chi connectivity index (χ2n) is 29.0. The third-order valence-corrected chi connectivity index (χ3v) is 24.1. The molecule has 0 aliphatic carbocycles. The quantitative estimate of drug-likeness (QED) is 0.00423. The molecule has 9 aromatic rings. The van der Waals surface area contributed by atoms with Gasteiger partial charge in [-0.1, -0.05) is 236 Å². The van der Waals surface area contributed by atoms with Gasteiger partial charge in [-0.2, -0.15) is 5.26 Å². The van der Waals surface area contributed by atoms with Crippen molar-refractivity contribution in [1.29, 1.82) is 5.26 Å². The number of rotatable bonds is 48. The number of hydrogen-bond acceptors (Lipinski definition) is 21. The third-order valence-electron chi connectivity index (χ3n) is 18.8. The average Bonchev–Trinajstić information content (AvgIpc) is 0.859. The van der Waals surface area contributed by atoms with Crippen molar-refractivity contribution in [2.75, 3.05) is 48.6 Å². The molecule has 0 aliphatic rings. The van der Waals surface area contributed by atoms with Crippen LogP contribution in [0, 0.1) is 39.0 Å². The van der Waals surface area contributed by atoms with Crippen LogP contribution >= 0.6 is 64.3 Å². The molecule has 0 heterocycles. The number of nitriles is 1. The number of ether oxygens (including phenoxy) is 2. The number of amides is 1. The summed E-state index contributed by atoms with van der Waals surface area (Å²) in [6.45, 7) is 16.9. The van der Waals surface area contributed by atoms with Gasteiger partial charge in [0.15, 0.2) is 41.3 Å². The van der Waals surface area contributed by atoms with E-state index in [1.165, 1.54) is 153 Å². The van der Waals surface area contributed by atoms with Gasteiger partial charge >= 0.3 is 5.97 Å². The number of fused-ring (bicyclic) bond motifs is 1. The Morgan fingerprint density at radius 2 is 1.02 bits per heavy atom. The second-order valence-corrected chi connectivity index (χ2v) is 35.5. The maximum absolute atomic E-state index is 12.7. The molecule has 10 N–H and O–H groups in total. The number of phenolic OH excluding ortho intramolecular Hbond substituents is 4. The van der Waals surface area contributed by atoms with Crippen molar-refractivity contribution in [3.8, 4) is 46.3 Å². The molecule has 0 fully saturated rings. The molecule has 9 aromatic carbocycles. The van der Waals surface area contributed by atoms with Crippen LogP contribution in [0.4, 0.5) is 34.1 Å². The first-order chi connectivity index (χ1) is 59.4. The third kappa shape index (κ3) is 37.3. The lowest BCUT2D eigenvalue weighted by molar-refractivity contribution is -0.123. The van der Waals surface area contributed by atoms with E-state index in [1.807, 2.05) is 56.3 Å². The molecule has 0 saturated carbocycles. The molecule has 5 unspecified atom stereocenters. The van der Waals surface area contributed by atoms with Gasteiger partial charge in [-0.15, -0.1) is 4.67 Å². The molecule has 0 aliphatic heterocycles. The molecule has 672 valence electrons. The fourth-order valence-electron chi connectivity index (χ4n) is 12.4. The maximum atomic E-state index is 12.7. The summed E-state index contributed by atoms with van der Waals surface area (Å²) in [6, 6.07) is 44.8. The van der Waals surface area contributed by atoms with Crippen molar-refractivity contribution < 1.29 is 83.6 Å². The number of anilines is 6. The predicted molar refractivity (Wildman–Crippen MR) is 505 cm³/mol. The lowest BCUT2D eigenvalue weighted by Gasteiger charge is -2.15. The van der Waals surface area contributed by atoms with Crippen LogP contribution in [-0.2, 0) is 66.5 Å². The summed E-state index contributed by atoms with van der Waals surface area (Å²) in [5.74, 6) is 0.384. The largest absolute Gasteiger partial charge is 0.506 e. The highest BCUT2D eigenvalue weighted by molar-refractivity contribution is 7.92. The van der Waals surface area contributed by atoms with E-state index in [4.69, 9.17) is 83.6 Å². The molecule has 0 aromatic heterocycles. The number of benzene rings is 9. The minimum Gasteiger partial charge on any atom is -0.506 e. The van der Waals surface area contributed by atoms with E-state index < -0.39 is 50.4 Å². The van der Waals surface area contributed by atoms with E-state index in [-0.39, 0.29) is 103 Å². The van der Waals surface area contributed by atoms with Crippen LogP contribution in [0.5, 0.6) is 40.2 Å². The molecular formula is C90H113Cl4N7O18P2S3. The first kappa shape index (κ1) is 104. The number of phenols is 4. The summed E-state index contributed by atoms with van der Waals surface area (Å²) in [4.78, 5) is 40.4. The highest BCUT2D eigenvalue weighted by atomic mass is 35.5. The Hall–Kier alpha value is -8.91. The summed E-state index contributed by atoms with van der Waals surface area (Å²) in [7, 11) is -3.65. The van der Waals surface area contributed by atoms with E-state index in [0.717, 1.165) is 58.2 Å². The van der Waals surface area contributed by atoms with E-state index in [2.05, 4.69) is 43.5 Å². The Labute approximate surface area is 757 Å². The van der Waals surface area contributed by atoms with Crippen LogP contribution in [0.1, 0.15) is 218 Å². The fourth-order valence-corrected chi connectivity index (χ4v) is 17.0. The number of halogens is 4. The van der Waals surface area contributed by atoms with Crippen LogP contribution in [0.3, 0.4) is 0 Å². The molecule has 1 amide bonds. The minimum atomic E-state index is -3.35. The molecule has 25 nitrogen and oxygen atoms in total. The molecule has 0 saturated heterocycles. The first-order valence-corrected chi connectivity index (χ1v) is 48.1. The normalized spacial score (nSPS) is 11.8. The Bertz CT molecular complexity index is 5060. The zero-order valence-corrected chi connectivity index (χ0v) is 78.6. The van der Waals surface area contributed by atoms with Crippen LogP contribution in [0.15, 0.2) is 152 Å². The van der Waals surface area contributed by atoms with Gasteiger partial charge in [0.25, 0.3) is 22.5 Å². The number of unbranched alkanes of at least 4 members (excludes halogenated alkanes) is 18. The Balaban J connectivity index is 0.000000262. The van der Waals surface area contributed by atoms with E-state index in [0.29, 0.717) is 64.0 Å². The smallest absolute Gasteiger partial charge is 0.342 e. The number of carbonyl (C=O) groups is 3. The fraction of sp³-hybridized carbons (Fsp3) is 0.378. The van der Waals surface area contributed by atoms with Gasteiger partial charge < -0.3 is 54.8 Å². The highest BCUT2D eigenvalue weighted by Crippen LogP contribution is 2.39.